The zero-order valence-corrected chi connectivity index (χ0v) is 10.6. The van der Waals surface area contributed by atoms with Gasteiger partial charge in [-0.3, -0.25) is 9.59 Å². The van der Waals surface area contributed by atoms with Gasteiger partial charge in [0.25, 0.3) is 0 Å². The summed E-state index contributed by atoms with van der Waals surface area (Å²) in [7, 11) is 0. The first-order chi connectivity index (χ1) is 8.60. The van der Waals surface area contributed by atoms with E-state index < -0.39 is 11.4 Å². The molecule has 1 aliphatic carbocycles. The second kappa shape index (κ2) is 7.03. The van der Waals surface area contributed by atoms with E-state index >= 15 is 0 Å². The smallest absolute Gasteiger partial charge is 0.310 e. The van der Waals surface area contributed by atoms with Gasteiger partial charge in [0.1, 0.15) is 0 Å². The molecule has 5 nitrogen and oxygen atoms in total. The number of amides is 1. The molecule has 1 rings (SSSR count). The number of nitrogens with one attached hydrogen (secondary N) is 1. The van der Waals surface area contributed by atoms with E-state index in [1.54, 1.807) is 0 Å². The van der Waals surface area contributed by atoms with Crippen LogP contribution in [0.15, 0.2) is 12.8 Å². The zero-order valence-electron chi connectivity index (χ0n) is 10.6. The van der Waals surface area contributed by atoms with Crippen LogP contribution >= 0.6 is 0 Å². The molecule has 2 N–H and O–H groups in total. The number of carboxylic acids is 1. The second-order valence-corrected chi connectivity index (χ2v) is 4.71. The molecule has 0 atom stereocenters. The molecule has 1 amide bonds. The molecule has 1 fully saturated rings. The van der Waals surface area contributed by atoms with Crippen LogP contribution in [0.5, 0.6) is 0 Å². The lowest BCUT2D eigenvalue weighted by molar-refractivity contribution is -0.151. The van der Waals surface area contributed by atoms with Crippen molar-refractivity contribution in [1.82, 2.24) is 5.32 Å². The minimum absolute atomic E-state index is 0.0879. The molecule has 0 heterocycles. The Morgan fingerprint density at radius 3 is 2.61 bits per heavy atom. The SMILES string of the molecule is C=COCCCNC(=O)CC1(C(=O)O)CCCC1. The van der Waals surface area contributed by atoms with Crippen molar-refractivity contribution in [3.05, 3.63) is 12.8 Å². The van der Waals surface area contributed by atoms with E-state index in [2.05, 4.69) is 11.9 Å². The van der Waals surface area contributed by atoms with Crippen molar-refractivity contribution < 1.29 is 19.4 Å². The van der Waals surface area contributed by atoms with Gasteiger partial charge in [-0.15, -0.1) is 0 Å². The van der Waals surface area contributed by atoms with Gasteiger partial charge in [0.2, 0.25) is 5.91 Å². The van der Waals surface area contributed by atoms with Crippen LogP contribution in [0.25, 0.3) is 0 Å². The highest BCUT2D eigenvalue weighted by molar-refractivity contribution is 5.85. The van der Waals surface area contributed by atoms with Crippen molar-refractivity contribution in [2.45, 2.75) is 38.5 Å². The summed E-state index contributed by atoms with van der Waals surface area (Å²) in [6.45, 7) is 4.43. The fraction of sp³-hybridized carbons (Fsp3) is 0.692. The van der Waals surface area contributed by atoms with Gasteiger partial charge in [-0.1, -0.05) is 19.4 Å². The third kappa shape index (κ3) is 4.05. The van der Waals surface area contributed by atoms with Gasteiger partial charge >= 0.3 is 5.97 Å². The van der Waals surface area contributed by atoms with Gasteiger partial charge in [-0.05, 0) is 19.3 Å². The summed E-state index contributed by atoms with van der Waals surface area (Å²) in [5.41, 5.74) is -0.832. The van der Waals surface area contributed by atoms with Crippen molar-refractivity contribution in [1.29, 1.82) is 0 Å². The van der Waals surface area contributed by atoms with Gasteiger partial charge in [-0.2, -0.15) is 0 Å². The van der Waals surface area contributed by atoms with Crippen LogP contribution < -0.4 is 5.32 Å². The molecule has 0 bridgehead atoms. The molecule has 0 aliphatic heterocycles. The van der Waals surface area contributed by atoms with Crippen LogP contribution in [0.4, 0.5) is 0 Å². The van der Waals surface area contributed by atoms with Gasteiger partial charge < -0.3 is 15.2 Å². The largest absolute Gasteiger partial charge is 0.502 e. The Kier molecular flexibility index (Phi) is 5.68. The number of hydrogen-bond acceptors (Lipinski definition) is 3. The summed E-state index contributed by atoms with van der Waals surface area (Å²) in [6, 6.07) is 0. The van der Waals surface area contributed by atoms with E-state index in [1.807, 2.05) is 0 Å². The Bertz CT molecular complexity index is 308. The number of rotatable bonds is 8. The average molecular weight is 255 g/mol. The average Bonchev–Trinajstić information content (AvgIpc) is 2.78. The van der Waals surface area contributed by atoms with Crippen molar-refractivity contribution >= 4 is 11.9 Å². The molecule has 102 valence electrons. The summed E-state index contributed by atoms with van der Waals surface area (Å²) in [5.74, 6) is -1.02. The van der Waals surface area contributed by atoms with Crippen molar-refractivity contribution in [3.63, 3.8) is 0 Å². The maximum absolute atomic E-state index is 11.7. The number of carbonyl (C=O) groups is 2. The van der Waals surface area contributed by atoms with Crippen LogP contribution in [0.1, 0.15) is 38.5 Å². The normalized spacial score (nSPS) is 17.1. The van der Waals surface area contributed by atoms with Gasteiger partial charge in [0.05, 0.1) is 18.3 Å². The van der Waals surface area contributed by atoms with Crippen molar-refractivity contribution in [2.75, 3.05) is 13.2 Å². The maximum atomic E-state index is 11.7. The standard InChI is InChI=1S/C13H21NO4/c1-2-18-9-5-8-14-11(15)10-13(12(16)17)6-3-4-7-13/h2H,1,3-10H2,(H,14,15)(H,16,17). The summed E-state index contributed by atoms with van der Waals surface area (Å²) in [6.07, 6.45) is 5.15. The fourth-order valence-corrected chi connectivity index (χ4v) is 2.35. The molecule has 0 aromatic carbocycles. The lowest BCUT2D eigenvalue weighted by atomic mass is 9.82. The van der Waals surface area contributed by atoms with Crippen LogP contribution in [0.3, 0.4) is 0 Å². The topological polar surface area (TPSA) is 75.6 Å². The second-order valence-electron chi connectivity index (χ2n) is 4.71. The maximum Gasteiger partial charge on any atom is 0.310 e. The van der Waals surface area contributed by atoms with Crippen molar-refractivity contribution in [2.24, 2.45) is 5.41 Å². The highest BCUT2D eigenvalue weighted by atomic mass is 16.5. The number of carboxylic acid groups (broad SMARTS) is 1. The van der Waals surface area contributed by atoms with Crippen LogP contribution in [0, 0.1) is 5.41 Å². The van der Waals surface area contributed by atoms with Gasteiger partial charge in [-0.25, -0.2) is 0 Å². The first-order valence-electron chi connectivity index (χ1n) is 6.33. The number of hydrogen-bond donors (Lipinski definition) is 2. The molecule has 0 radical (unpaired) electrons. The lowest BCUT2D eigenvalue weighted by Crippen LogP contribution is -2.36. The quantitative estimate of drug-likeness (QED) is 0.511. The number of carbonyl (C=O) groups excluding carboxylic acids is 1. The lowest BCUT2D eigenvalue weighted by Gasteiger charge is -2.22. The molecule has 1 saturated carbocycles. The summed E-state index contributed by atoms with van der Waals surface area (Å²) in [4.78, 5) is 23.0. The molecule has 1 aliphatic rings. The molecule has 0 spiro atoms. The van der Waals surface area contributed by atoms with Crippen LogP contribution in [0.2, 0.25) is 0 Å². The van der Waals surface area contributed by atoms with E-state index in [1.165, 1.54) is 6.26 Å². The summed E-state index contributed by atoms with van der Waals surface area (Å²) >= 11 is 0. The van der Waals surface area contributed by atoms with E-state index in [9.17, 15) is 14.7 Å². The molecule has 18 heavy (non-hydrogen) atoms. The molecule has 5 heteroatoms. The molecular formula is C13H21NO4. The Balaban J connectivity index is 2.29. The Morgan fingerprint density at radius 1 is 1.39 bits per heavy atom. The van der Waals surface area contributed by atoms with E-state index in [0.29, 0.717) is 32.4 Å². The monoisotopic (exact) mass is 255 g/mol. The fourth-order valence-electron chi connectivity index (χ4n) is 2.35. The minimum Gasteiger partial charge on any atom is -0.502 e. The van der Waals surface area contributed by atoms with E-state index in [4.69, 9.17) is 4.74 Å². The summed E-state index contributed by atoms with van der Waals surface area (Å²) in [5, 5.41) is 12.0. The van der Waals surface area contributed by atoms with E-state index in [0.717, 1.165) is 12.8 Å². The molecule has 0 aromatic rings. The predicted molar refractivity (Wildman–Crippen MR) is 66.9 cm³/mol. The first kappa shape index (κ1) is 14.5. The predicted octanol–water partition coefficient (Wildman–Crippen LogP) is 1.69. The first-order valence-corrected chi connectivity index (χ1v) is 6.33. The Labute approximate surface area is 107 Å². The zero-order chi connectivity index (χ0) is 13.4. The molecule has 0 unspecified atom stereocenters. The minimum atomic E-state index is -0.842. The van der Waals surface area contributed by atoms with Gasteiger partial charge in [0.15, 0.2) is 0 Å². The van der Waals surface area contributed by atoms with Crippen LogP contribution in [-0.2, 0) is 14.3 Å². The molecular weight excluding hydrogens is 234 g/mol. The third-order valence-electron chi connectivity index (χ3n) is 3.39. The Morgan fingerprint density at radius 2 is 2.06 bits per heavy atom. The number of aliphatic carboxylic acids is 1. The van der Waals surface area contributed by atoms with Crippen LogP contribution in [-0.4, -0.2) is 30.1 Å². The molecule has 0 saturated heterocycles. The summed E-state index contributed by atoms with van der Waals surface area (Å²) < 4.78 is 4.93. The highest BCUT2D eigenvalue weighted by Crippen LogP contribution is 2.41. The van der Waals surface area contributed by atoms with Gasteiger partial charge in [0, 0.05) is 13.0 Å². The van der Waals surface area contributed by atoms with E-state index in [-0.39, 0.29) is 12.3 Å². The molecule has 0 aromatic heterocycles. The number of ether oxygens (including phenoxy) is 1. The highest BCUT2D eigenvalue weighted by Gasteiger charge is 2.42. The van der Waals surface area contributed by atoms with Crippen molar-refractivity contribution in [3.8, 4) is 0 Å². The third-order valence-corrected chi connectivity index (χ3v) is 3.39. The Hall–Kier alpha value is -1.52.